The van der Waals surface area contributed by atoms with Crippen molar-refractivity contribution >= 4 is 11.6 Å². The molecule has 3 nitrogen and oxygen atoms in total. The van der Waals surface area contributed by atoms with E-state index in [9.17, 15) is 4.79 Å². The number of ether oxygens (including phenoxy) is 1. The minimum absolute atomic E-state index is 0.0403. The molecule has 2 fully saturated rings. The summed E-state index contributed by atoms with van der Waals surface area (Å²) in [5.74, 6) is 1.09. The number of hydrogen-bond donors (Lipinski definition) is 0. The van der Waals surface area contributed by atoms with E-state index < -0.39 is 6.10 Å². The molecule has 1 amide bonds. The number of para-hydroxylation sites is 2. The number of carbonyl (C=O) groups excluding carboxylic acids is 1. The number of hydrogen-bond acceptors (Lipinski definition) is 2. The van der Waals surface area contributed by atoms with Gasteiger partial charge in [-0.1, -0.05) is 66.7 Å². The summed E-state index contributed by atoms with van der Waals surface area (Å²) in [7, 11) is 0. The molecule has 0 N–H and O–H groups in total. The summed E-state index contributed by atoms with van der Waals surface area (Å²) in [5.41, 5.74) is 1.93. The Balaban J connectivity index is 1.51. The summed E-state index contributed by atoms with van der Waals surface area (Å²) < 4.78 is 6.15. The summed E-state index contributed by atoms with van der Waals surface area (Å²) >= 11 is 0. The van der Waals surface area contributed by atoms with E-state index in [1.807, 2.05) is 71.6 Å². The van der Waals surface area contributed by atoms with Crippen LogP contribution in [0.25, 0.3) is 0 Å². The smallest absolute Gasteiger partial charge is 0.271 e. The molecule has 1 spiro atoms. The average Bonchev–Trinajstić information content (AvgIpc) is 3.46. The third-order valence-corrected chi connectivity index (χ3v) is 5.50. The summed E-state index contributed by atoms with van der Waals surface area (Å²) in [6.07, 6.45) is 0.491. The fourth-order valence-electron chi connectivity index (χ4n) is 4.22. The van der Waals surface area contributed by atoms with Crippen molar-refractivity contribution in [3.63, 3.8) is 0 Å². The molecule has 1 saturated carbocycles. The second kappa shape index (κ2) is 5.73. The van der Waals surface area contributed by atoms with Gasteiger partial charge in [0.2, 0.25) is 6.10 Å². The van der Waals surface area contributed by atoms with Crippen LogP contribution in [0.5, 0.6) is 5.75 Å². The van der Waals surface area contributed by atoms with Crippen molar-refractivity contribution < 1.29 is 9.53 Å². The predicted molar refractivity (Wildman–Crippen MR) is 101 cm³/mol. The Hall–Kier alpha value is -3.07. The minimum Gasteiger partial charge on any atom is -0.478 e. The van der Waals surface area contributed by atoms with Crippen LogP contribution < -0.4 is 9.64 Å². The van der Waals surface area contributed by atoms with Gasteiger partial charge in [0.05, 0.1) is 0 Å². The monoisotopic (exact) mass is 341 g/mol. The topological polar surface area (TPSA) is 29.5 Å². The van der Waals surface area contributed by atoms with E-state index >= 15 is 0 Å². The van der Waals surface area contributed by atoms with Crippen molar-refractivity contribution in [3.05, 3.63) is 96.6 Å². The number of nitrogens with zero attached hydrogens (tertiary/aromatic N) is 1. The number of anilines is 1. The number of amides is 1. The van der Waals surface area contributed by atoms with Gasteiger partial charge in [0.15, 0.2) is 0 Å². The fraction of sp³-hybridized carbons (Fsp3) is 0.174. The van der Waals surface area contributed by atoms with Crippen molar-refractivity contribution in [1.29, 1.82) is 0 Å². The van der Waals surface area contributed by atoms with Crippen molar-refractivity contribution in [2.45, 2.75) is 24.0 Å². The highest BCUT2D eigenvalue weighted by atomic mass is 16.5. The quantitative estimate of drug-likeness (QED) is 0.658. The summed E-state index contributed by atoms with van der Waals surface area (Å²) in [6.45, 7) is 0. The van der Waals surface area contributed by atoms with Crippen LogP contribution in [-0.4, -0.2) is 17.6 Å². The first-order valence-electron chi connectivity index (χ1n) is 8.96. The standard InChI is InChI=1S/C23H19NO2/c25-22-21(26-19-14-8-3-9-15-19)23(24(22)18-12-6-2-7-13-18)16-20(23)17-10-4-1-5-11-17/h1-15,20-21H,16H2. The van der Waals surface area contributed by atoms with Crippen molar-refractivity contribution in [1.82, 2.24) is 0 Å². The molecule has 26 heavy (non-hydrogen) atoms. The third kappa shape index (κ3) is 2.17. The minimum atomic E-state index is -0.435. The normalized spacial score (nSPS) is 26.5. The maximum absolute atomic E-state index is 13.0. The van der Waals surface area contributed by atoms with Crippen molar-refractivity contribution in [2.75, 3.05) is 4.90 Å². The first kappa shape index (κ1) is 15.2. The molecule has 128 valence electrons. The zero-order chi connectivity index (χ0) is 17.6. The molecule has 2 aliphatic rings. The Bertz CT molecular complexity index is 926. The lowest BCUT2D eigenvalue weighted by molar-refractivity contribution is -0.136. The largest absolute Gasteiger partial charge is 0.478 e. The Labute approximate surface area is 152 Å². The van der Waals surface area contributed by atoms with E-state index in [1.165, 1.54) is 5.56 Å². The van der Waals surface area contributed by atoms with Crippen LogP contribution in [-0.2, 0) is 4.79 Å². The maximum Gasteiger partial charge on any atom is 0.271 e. The zero-order valence-corrected chi connectivity index (χ0v) is 14.3. The molecule has 3 atom stereocenters. The molecule has 3 heteroatoms. The highest BCUT2D eigenvalue weighted by Gasteiger charge is 2.76. The summed E-state index contributed by atoms with van der Waals surface area (Å²) in [6, 6.07) is 30.0. The van der Waals surface area contributed by atoms with Gasteiger partial charge < -0.3 is 4.74 Å². The van der Waals surface area contributed by atoms with E-state index in [2.05, 4.69) is 24.3 Å². The molecule has 0 aromatic heterocycles. The Kier molecular flexibility index (Phi) is 3.35. The molecule has 3 aromatic rings. The van der Waals surface area contributed by atoms with Gasteiger partial charge in [-0.2, -0.15) is 0 Å². The third-order valence-electron chi connectivity index (χ3n) is 5.50. The number of benzene rings is 3. The lowest BCUT2D eigenvalue weighted by Crippen LogP contribution is -2.70. The Morgan fingerprint density at radius 1 is 0.808 bits per heavy atom. The highest BCUT2D eigenvalue weighted by Crippen LogP contribution is 2.64. The van der Waals surface area contributed by atoms with Gasteiger partial charge in [-0.3, -0.25) is 9.69 Å². The van der Waals surface area contributed by atoms with Crippen LogP contribution in [0.15, 0.2) is 91.0 Å². The van der Waals surface area contributed by atoms with E-state index in [1.54, 1.807) is 0 Å². The molecule has 3 aromatic carbocycles. The van der Waals surface area contributed by atoms with Crippen LogP contribution in [0.3, 0.4) is 0 Å². The fourth-order valence-corrected chi connectivity index (χ4v) is 4.22. The first-order chi connectivity index (χ1) is 12.8. The molecule has 1 heterocycles. The zero-order valence-electron chi connectivity index (χ0n) is 14.3. The molecule has 1 aliphatic carbocycles. The van der Waals surface area contributed by atoms with Gasteiger partial charge in [-0.25, -0.2) is 0 Å². The number of rotatable bonds is 4. The van der Waals surface area contributed by atoms with E-state index in [4.69, 9.17) is 4.74 Å². The maximum atomic E-state index is 13.0. The SMILES string of the molecule is O=C1C(Oc2ccccc2)C2(CC2c2ccccc2)N1c1ccccc1. The lowest BCUT2D eigenvalue weighted by atomic mass is 9.89. The predicted octanol–water partition coefficient (Wildman–Crippen LogP) is 4.41. The van der Waals surface area contributed by atoms with E-state index in [0.717, 1.165) is 17.9 Å². The lowest BCUT2D eigenvalue weighted by Gasteiger charge is -2.48. The van der Waals surface area contributed by atoms with Crippen LogP contribution in [0, 0.1) is 0 Å². The molecule has 0 radical (unpaired) electrons. The van der Waals surface area contributed by atoms with E-state index in [0.29, 0.717) is 5.92 Å². The van der Waals surface area contributed by atoms with Crippen LogP contribution >= 0.6 is 0 Å². The molecular formula is C23H19NO2. The van der Waals surface area contributed by atoms with Gasteiger partial charge in [-0.15, -0.1) is 0 Å². The first-order valence-corrected chi connectivity index (χ1v) is 8.96. The molecule has 5 rings (SSSR count). The molecule has 1 saturated heterocycles. The van der Waals surface area contributed by atoms with E-state index in [-0.39, 0.29) is 11.4 Å². The number of carbonyl (C=O) groups is 1. The van der Waals surface area contributed by atoms with Gasteiger partial charge in [0.25, 0.3) is 5.91 Å². The Morgan fingerprint density at radius 3 is 2.04 bits per heavy atom. The van der Waals surface area contributed by atoms with Crippen LogP contribution in [0.4, 0.5) is 5.69 Å². The van der Waals surface area contributed by atoms with Crippen LogP contribution in [0.1, 0.15) is 17.9 Å². The second-order valence-corrected chi connectivity index (χ2v) is 6.98. The summed E-state index contributed by atoms with van der Waals surface area (Å²) in [5, 5.41) is 0. The number of β-lactam (4-membered cyclic amide) rings is 1. The van der Waals surface area contributed by atoms with Crippen molar-refractivity contribution in [2.24, 2.45) is 0 Å². The molecule has 1 aliphatic heterocycles. The Morgan fingerprint density at radius 2 is 1.38 bits per heavy atom. The molecule has 0 bridgehead atoms. The highest BCUT2D eigenvalue weighted by molar-refractivity contribution is 6.09. The summed E-state index contributed by atoms with van der Waals surface area (Å²) in [4.78, 5) is 14.9. The van der Waals surface area contributed by atoms with Gasteiger partial charge in [0.1, 0.15) is 11.3 Å². The average molecular weight is 341 g/mol. The van der Waals surface area contributed by atoms with Crippen molar-refractivity contribution in [3.8, 4) is 5.75 Å². The molecule has 3 unspecified atom stereocenters. The molecular weight excluding hydrogens is 322 g/mol. The second-order valence-electron chi connectivity index (χ2n) is 6.98. The van der Waals surface area contributed by atoms with Gasteiger partial charge >= 0.3 is 0 Å². The van der Waals surface area contributed by atoms with Gasteiger partial charge in [0, 0.05) is 11.6 Å². The van der Waals surface area contributed by atoms with Crippen LogP contribution in [0.2, 0.25) is 0 Å². The van der Waals surface area contributed by atoms with Gasteiger partial charge in [-0.05, 0) is 36.2 Å².